The molecule has 0 radical (unpaired) electrons. The molecule has 0 unspecified atom stereocenters. The SMILES string of the molecule is CCCCCc1ccc(C2=CC=C(c3ccc(O)cc3)SS2)cc1. The van der Waals surface area contributed by atoms with Crippen molar-refractivity contribution < 1.29 is 5.11 Å². The molecule has 0 fully saturated rings. The lowest BCUT2D eigenvalue weighted by molar-refractivity contribution is 0.475. The number of rotatable bonds is 6. The molecule has 0 aromatic heterocycles. The summed E-state index contributed by atoms with van der Waals surface area (Å²) in [5, 5.41) is 9.39. The van der Waals surface area contributed by atoms with Crippen molar-refractivity contribution in [2.24, 2.45) is 0 Å². The molecule has 3 rings (SSSR count). The van der Waals surface area contributed by atoms with Crippen molar-refractivity contribution in [3.8, 4) is 5.75 Å². The Bertz CT molecular complexity index is 727. The van der Waals surface area contributed by atoms with Crippen molar-refractivity contribution in [1.82, 2.24) is 0 Å². The van der Waals surface area contributed by atoms with Gasteiger partial charge in [0, 0.05) is 9.81 Å². The largest absolute Gasteiger partial charge is 0.508 e. The molecule has 2 aromatic rings. The highest BCUT2D eigenvalue weighted by Crippen LogP contribution is 2.48. The van der Waals surface area contributed by atoms with Gasteiger partial charge in [-0.25, -0.2) is 0 Å². The molecule has 1 N–H and O–H groups in total. The van der Waals surface area contributed by atoms with Crippen LogP contribution in [-0.2, 0) is 6.42 Å². The average Bonchev–Trinajstić information content (AvgIpc) is 2.63. The Kier molecular flexibility index (Phi) is 6.11. The van der Waals surface area contributed by atoms with Crippen molar-refractivity contribution in [2.45, 2.75) is 32.6 Å². The van der Waals surface area contributed by atoms with Gasteiger partial charge in [-0.05, 0) is 53.8 Å². The van der Waals surface area contributed by atoms with E-state index in [1.807, 2.05) is 12.1 Å². The fourth-order valence-corrected chi connectivity index (χ4v) is 4.97. The number of allylic oxidation sites excluding steroid dienone is 2. The Hall–Kier alpha value is -1.58. The third-order valence-electron chi connectivity index (χ3n) is 4.07. The van der Waals surface area contributed by atoms with Crippen LogP contribution in [0.2, 0.25) is 0 Å². The molecule has 0 saturated heterocycles. The summed E-state index contributed by atoms with van der Waals surface area (Å²) in [4.78, 5) is 2.52. The maximum absolute atomic E-state index is 9.39. The minimum Gasteiger partial charge on any atom is -0.508 e. The lowest BCUT2D eigenvalue weighted by Crippen LogP contribution is -1.88. The number of hydrogen-bond acceptors (Lipinski definition) is 3. The smallest absolute Gasteiger partial charge is 0.115 e. The number of unbranched alkanes of at least 4 members (excludes halogenated alkanes) is 2. The summed E-state index contributed by atoms with van der Waals surface area (Å²) in [6, 6.07) is 16.4. The molecule has 3 heteroatoms. The highest BCUT2D eigenvalue weighted by molar-refractivity contribution is 8.83. The van der Waals surface area contributed by atoms with Crippen LogP contribution >= 0.6 is 21.6 Å². The van der Waals surface area contributed by atoms with E-state index < -0.39 is 0 Å². The molecule has 24 heavy (non-hydrogen) atoms. The van der Waals surface area contributed by atoms with Crippen LogP contribution in [0.25, 0.3) is 9.81 Å². The molecule has 2 aromatic carbocycles. The van der Waals surface area contributed by atoms with Crippen molar-refractivity contribution in [1.29, 1.82) is 0 Å². The number of aromatic hydroxyl groups is 1. The van der Waals surface area contributed by atoms with Crippen LogP contribution in [0.3, 0.4) is 0 Å². The van der Waals surface area contributed by atoms with Crippen molar-refractivity contribution in [2.75, 3.05) is 0 Å². The van der Waals surface area contributed by atoms with E-state index in [-0.39, 0.29) is 0 Å². The lowest BCUT2D eigenvalue weighted by atomic mass is 10.0. The second-order valence-corrected chi connectivity index (χ2v) is 8.14. The molecule has 0 bridgehead atoms. The van der Waals surface area contributed by atoms with E-state index in [0.717, 1.165) is 5.56 Å². The molecule has 0 amide bonds. The van der Waals surface area contributed by atoms with E-state index in [9.17, 15) is 5.11 Å². The first kappa shape index (κ1) is 17.2. The minimum absolute atomic E-state index is 0.308. The van der Waals surface area contributed by atoms with Crippen LogP contribution in [0.1, 0.15) is 42.9 Å². The Labute approximate surface area is 152 Å². The summed E-state index contributed by atoms with van der Waals surface area (Å²) in [6.07, 6.45) is 9.40. The fraction of sp³-hybridized carbons (Fsp3) is 0.238. The van der Waals surface area contributed by atoms with Gasteiger partial charge in [0.15, 0.2) is 0 Å². The van der Waals surface area contributed by atoms with E-state index in [1.54, 1.807) is 33.7 Å². The molecule has 1 heterocycles. The summed E-state index contributed by atoms with van der Waals surface area (Å²) in [6.45, 7) is 2.24. The van der Waals surface area contributed by atoms with Crippen molar-refractivity contribution in [3.05, 3.63) is 77.4 Å². The van der Waals surface area contributed by atoms with E-state index in [1.165, 1.54) is 46.6 Å². The topological polar surface area (TPSA) is 20.2 Å². The average molecular weight is 355 g/mol. The van der Waals surface area contributed by atoms with E-state index in [0.29, 0.717) is 5.75 Å². The van der Waals surface area contributed by atoms with Gasteiger partial charge in [0.1, 0.15) is 5.75 Å². The minimum atomic E-state index is 0.308. The first-order valence-corrected chi connectivity index (χ1v) is 10.6. The predicted octanol–water partition coefficient (Wildman–Crippen LogP) is 6.90. The Balaban J connectivity index is 1.68. The van der Waals surface area contributed by atoms with Crippen LogP contribution < -0.4 is 0 Å². The summed E-state index contributed by atoms with van der Waals surface area (Å²) < 4.78 is 0. The highest BCUT2D eigenvalue weighted by Gasteiger charge is 2.11. The monoisotopic (exact) mass is 354 g/mol. The Morgan fingerprint density at radius 3 is 1.79 bits per heavy atom. The molecule has 0 spiro atoms. The summed E-state index contributed by atoms with van der Waals surface area (Å²) in [5.74, 6) is 0.308. The van der Waals surface area contributed by atoms with E-state index in [2.05, 4.69) is 43.3 Å². The molecule has 1 aliphatic heterocycles. The molecule has 1 nitrogen and oxygen atoms in total. The van der Waals surface area contributed by atoms with Gasteiger partial charge in [-0.1, -0.05) is 77.8 Å². The zero-order valence-corrected chi connectivity index (χ0v) is 15.5. The lowest BCUT2D eigenvalue weighted by Gasteiger charge is -2.14. The number of aryl methyl sites for hydroxylation is 1. The molecule has 0 atom stereocenters. The van der Waals surface area contributed by atoms with Gasteiger partial charge < -0.3 is 5.11 Å². The molecule has 0 aliphatic carbocycles. The van der Waals surface area contributed by atoms with Crippen LogP contribution in [0.5, 0.6) is 5.75 Å². The van der Waals surface area contributed by atoms with Crippen LogP contribution in [0.4, 0.5) is 0 Å². The number of phenolic OH excluding ortho intramolecular Hbond substituents is 1. The van der Waals surface area contributed by atoms with Gasteiger partial charge in [0.25, 0.3) is 0 Å². The first-order valence-electron chi connectivity index (χ1n) is 8.41. The summed E-state index contributed by atoms with van der Waals surface area (Å²) >= 11 is 0. The zero-order valence-electron chi connectivity index (χ0n) is 13.9. The van der Waals surface area contributed by atoms with Gasteiger partial charge in [0.2, 0.25) is 0 Å². The number of hydrogen-bond donors (Lipinski definition) is 1. The quantitative estimate of drug-likeness (QED) is 0.450. The second kappa shape index (κ2) is 8.50. The molecule has 1 aliphatic rings. The zero-order chi connectivity index (χ0) is 16.8. The summed E-state index contributed by atoms with van der Waals surface area (Å²) in [7, 11) is 3.57. The van der Waals surface area contributed by atoms with Gasteiger partial charge >= 0.3 is 0 Å². The Morgan fingerprint density at radius 1 is 0.750 bits per heavy atom. The van der Waals surface area contributed by atoms with Crippen LogP contribution in [-0.4, -0.2) is 5.11 Å². The fourth-order valence-electron chi connectivity index (χ4n) is 2.63. The normalized spacial score (nSPS) is 14.2. The van der Waals surface area contributed by atoms with Gasteiger partial charge in [-0.15, -0.1) is 0 Å². The maximum Gasteiger partial charge on any atom is 0.115 e. The van der Waals surface area contributed by atoms with Gasteiger partial charge in [0.05, 0.1) is 0 Å². The summed E-state index contributed by atoms with van der Waals surface area (Å²) in [5.41, 5.74) is 3.86. The second-order valence-electron chi connectivity index (χ2n) is 5.93. The number of benzene rings is 2. The van der Waals surface area contributed by atoms with E-state index >= 15 is 0 Å². The molecule has 124 valence electrons. The van der Waals surface area contributed by atoms with Crippen molar-refractivity contribution >= 4 is 31.4 Å². The Morgan fingerprint density at radius 2 is 1.29 bits per heavy atom. The maximum atomic E-state index is 9.39. The standard InChI is InChI=1S/C21H22OS2/c1-2-3-4-5-16-6-8-17(9-7-16)20-14-15-21(24-23-20)18-10-12-19(22)13-11-18/h6-15,22H,2-5H2,1H3. The van der Waals surface area contributed by atoms with E-state index in [4.69, 9.17) is 0 Å². The van der Waals surface area contributed by atoms with Crippen LogP contribution in [0.15, 0.2) is 60.7 Å². The van der Waals surface area contributed by atoms with Gasteiger partial charge in [-0.2, -0.15) is 0 Å². The molecular weight excluding hydrogens is 332 g/mol. The third-order valence-corrected chi connectivity index (χ3v) is 6.58. The first-order chi connectivity index (χ1) is 11.8. The van der Waals surface area contributed by atoms with Crippen LogP contribution in [0, 0.1) is 0 Å². The molecule has 0 saturated carbocycles. The van der Waals surface area contributed by atoms with Gasteiger partial charge in [-0.3, -0.25) is 0 Å². The number of phenols is 1. The van der Waals surface area contributed by atoms with Crippen molar-refractivity contribution in [3.63, 3.8) is 0 Å². The highest BCUT2D eigenvalue weighted by atomic mass is 33.1. The third kappa shape index (κ3) is 4.49. The predicted molar refractivity (Wildman–Crippen MR) is 109 cm³/mol. The molecular formula is C21H22OS2.